The fourth-order valence-electron chi connectivity index (χ4n) is 3.83. The molecule has 34 heavy (non-hydrogen) atoms. The molecule has 1 heterocycles. The lowest BCUT2D eigenvalue weighted by molar-refractivity contribution is 0.0526. The van der Waals surface area contributed by atoms with E-state index in [9.17, 15) is 15.3 Å². The van der Waals surface area contributed by atoms with E-state index < -0.39 is 0 Å². The van der Waals surface area contributed by atoms with Crippen molar-refractivity contribution in [2.45, 2.75) is 6.92 Å². The van der Waals surface area contributed by atoms with Crippen molar-refractivity contribution in [1.29, 1.82) is 10.5 Å². The van der Waals surface area contributed by atoms with Crippen LogP contribution in [0.5, 0.6) is 0 Å². The van der Waals surface area contributed by atoms with Gasteiger partial charge in [0, 0.05) is 11.3 Å². The van der Waals surface area contributed by atoms with Crippen LogP contribution in [-0.4, -0.2) is 17.1 Å². The molecule has 4 rings (SSSR count). The van der Waals surface area contributed by atoms with E-state index in [2.05, 4.69) is 4.57 Å². The standard InChI is InChI=1S/C29H21N3O2/c1-2-34-29(33)24-13-15-26(16-14-24)32-27(22-9-5-3-6-10-22)18-25(17-21(19-30)20-31)28(32)23-11-7-4-8-12-23/h3-18H,2H2,1H3. The van der Waals surface area contributed by atoms with Crippen molar-refractivity contribution in [3.8, 4) is 40.3 Å². The minimum atomic E-state index is -0.371. The maximum atomic E-state index is 12.2. The summed E-state index contributed by atoms with van der Waals surface area (Å²) < 4.78 is 7.20. The van der Waals surface area contributed by atoms with Gasteiger partial charge in [-0.3, -0.25) is 0 Å². The van der Waals surface area contributed by atoms with Crippen molar-refractivity contribution in [3.05, 3.63) is 108 Å². The van der Waals surface area contributed by atoms with Crippen LogP contribution in [0, 0.1) is 22.7 Å². The van der Waals surface area contributed by atoms with E-state index in [0.29, 0.717) is 12.2 Å². The molecule has 0 spiro atoms. The minimum Gasteiger partial charge on any atom is -0.462 e. The van der Waals surface area contributed by atoms with Crippen LogP contribution in [0.15, 0.2) is 96.6 Å². The number of rotatable bonds is 6. The normalized spacial score (nSPS) is 10.1. The highest BCUT2D eigenvalue weighted by molar-refractivity contribution is 5.90. The highest BCUT2D eigenvalue weighted by Crippen LogP contribution is 2.37. The Morgan fingerprint density at radius 2 is 1.47 bits per heavy atom. The zero-order valence-electron chi connectivity index (χ0n) is 18.6. The average Bonchev–Trinajstić information content (AvgIpc) is 3.27. The molecule has 0 aliphatic heterocycles. The molecule has 0 saturated carbocycles. The van der Waals surface area contributed by atoms with E-state index in [4.69, 9.17) is 4.74 Å². The van der Waals surface area contributed by atoms with Crippen LogP contribution in [0.25, 0.3) is 34.3 Å². The molecule has 0 aliphatic rings. The summed E-state index contributed by atoms with van der Waals surface area (Å²) in [6, 6.07) is 32.8. The van der Waals surface area contributed by atoms with Gasteiger partial charge in [0.05, 0.1) is 23.6 Å². The van der Waals surface area contributed by atoms with Gasteiger partial charge < -0.3 is 9.30 Å². The first kappa shape index (κ1) is 22.3. The quantitative estimate of drug-likeness (QED) is 0.254. The third-order valence-electron chi connectivity index (χ3n) is 5.32. The van der Waals surface area contributed by atoms with Crippen LogP contribution in [0.2, 0.25) is 0 Å². The van der Waals surface area contributed by atoms with Gasteiger partial charge in [-0.1, -0.05) is 60.7 Å². The number of hydrogen-bond donors (Lipinski definition) is 0. The predicted octanol–water partition coefficient (Wildman–Crippen LogP) is 6.42. The average molecular weight is 444 g/mol. The van der Waals surface area contributed by atoms with E-state index in [1.807, 2.05) is 91.0 Å². The first-order chi connectivity index (χ1) is 16.7. The van der Waals surface area contributed by atoms with E-state index in [1.165, 1.54) is 0 Å². The van der Waals surface area contributed by atoms with E-state index in [-0.39, 0.29) is 11.5 Å². The lowest BCUT2D eigenvalue weighted by Gasteiger charge is -2.15. The molecular weight excluding hydrogens is 422 g/mol. The third kappa shape index (κ3) is 4.50. The first-order valence-electron chi connectivity index (χ1n) is 10.8. The Balaban J connectivity index is 2.01. The van der Waals surface area contributed by atoms with Gasteiger partial charge in [-0.05, 0) is 54.5 Å². The molecule has 0 amide bonds. The van der Waals surface area contributed by atoms with Crippen molar-refractivity contribution in [3.63, 3.8) is 0 Å². The lowest BCUT2D eigenvalue weighted by Crippen LogP contribution is -2.05. The van der Waals surface area contributed by atoms with Gasteiger partial charge in [-0.15, -0.1) is 0 Å². The van der Waals surface area contributed by atoms with Crippen molar-refractivity contribution in [1.82, 2.24) is 4.57 Å². The molecule has 0 unspecified atom stereocenters. The Morgan fingerprint density at radius 3 is 2.03 bits per heavy atom. The molecule has 5 nitrogen and oxygen atoms in total. The molecule has 0 saturated heterocycles. The number of nitriles is 2. The highest BCUT2D eigenvalue weighted by atomic mass is 16.5. The second kappa shape index (κ2) is 10.2. The lowest BCUT2D eigenvalue weighted by atomic mass is 10.1. The van der Waals surface area contributed by atoms with Gasteiger partial charge in [0.25, 0.3) is 0 Å². The zero-order chi connectivity index (χ0) is 23.9. The smallest absolute Gasteiger partial charge is 0.338 e. The van der Waals surface area contributed by atoms with Crippen molar-refractivity contribution < 1.29 is 9.53 Å². The maximum Gasteiger partial charge on any atom is 0.338 e. The van der Waals surface area contributed by atoms with Crippen LogP contribution >= 0.6 is 0 Å². The molecule has 0 bridgehead atoms. The topological polar surface area (TPSA) is 78.8 Å². The van der Waals surface area contributed by atoms with Gasteiger partial charge in [0.2, 0.25) is 0 Å². The van der Waals surface area contributed by atoms with E-state index >= 15 is 0 Å². The van der Waals surface area contributed by atoms with Crippen LogP contribution < -0.4 is 0 Å². The van der Waals surface area contributed by atoms with Crippen LogP contribution in [0.4, 0.5) is 0 Å². The monoisotopic (exact) mass is 443 g/mol. The number of ether oxygens (including phenoxy) is 1. The molecule has 5 heteroatoms. The Bertz CT molecular complexity index is 1400. The molecule has 1 aromatic heterocycles. The summed E-state index contributed by atoms with van der Waals surface area (Å²) in [7, 11) is 0. The summed E-state index contributed by atoms with van der Waals surface area (Å²) in [5, 5.41) is 18.8. The number of benzene rings is 3. The van der Waals surface area contributed by atoms with Gasteiger partial charge in [-0.2, -0.15) is 10.5 Å². The summed E-state index contributed by atoms with van der Waals surface area (Å²) in [4.78, 5) is 12.2. The predicted molar refractivity (Wildman–Crippen MR) is 132 cm³/mol. The Hall–Kier alpha value is -4.87. The molecule has 164 valence electrons. The van der Waals surface area contributed by atoms with Gasteiger partial charge in [0.1, 0.15) is 17.7 Å². The SMILES string of the molecule is CCOC(=O)c1ccc(-n2c(-c3ccccc3)cc(C=C(C#N)C#N)c2-c2ccccc2)cc1. The summed E-state index contributed by atoms with van der Waals surface area (Å²) in [6.07, 6.45) is 1.61. The van der Waals surface area contributed by atoms with Gasteiger partial charge in [-0.25, -0.2) is 4.79 Å². The molecule has 4 aromatic rings. The molecule has 0 atom stereocenters. The van der Waals surface area contributed by atoms with E-state index in [1.54, 1.807) is 25.1 Å². The molecular formula is C29H21N3O2. The van der Waals surface area contributed by atoms with Gasteiger partial charge >= 0.3 is 5.97 Å². The number of nitrogens with zero attached hydrogens (tertiary/aromatic N) is 3. The van der Waals surface area contributed by atoms with Crippen LogP contribution in [0.3, 0.4) is 0 Å². The van der Waals surface area contributed by atoms with Crippen LogP contribution in [-0.2, 0) is 4.74 Å². The summed E-state index contributed by atoms with van der Waals surface area (Å²) in [5.41, 5.74) is 5.71. The molecule has 0 fully saturated rings. The minimum absolute atomic E-state index is 0.0200. The Kier molecular flexibility index (Phi) is 6.68. The summed E-state index contributed by atoms with van der Waals surface area (Å²) in [6.45, 7) is 2.08. The number of allylic oxidation sites excluding steroid dienone is 1. The second-order valence-electron chi connectivity index (χ2n) is 7.45. The van der Waals surface area contributed by atoms with Crippen molar-refractivity contribution in [2.24, 2.45) is 0 Å². The largest absolute Gasteiger partial charge is 0.462 e. The number of hydrogen-bond acceptors (Lipinski definition) is 4. The first-order valence-corrected chi connectivity index (χ1v) is 10.8. The fourth-order valence-corrected chi connectivity index (χ4v) is 3.83. The molecule has 3 aromatic carbocycles. The molecule has 0 aliphatic carbocycles. The summed E-state index contributed by atoms with van der Waals surface area (Å²) >= 11 is 0. The Morgan fingerprint density at radius 1 is 0.882 bits per heavy atom. The third-order valence-corrected chi connectivity index (χ3v) is 5.32. The fraction of sp³-hybridized carbons (Fsp3) is 0.0690. The maximum absolute atomic E-state index is 12.2. The number of carbonyl (C=O) groups excluding carboxylic acids is 1. The second-order valence-corrected chi connectivity index (χ2v) is 7.45. The molecule has 0 N–H and O–H groups in total. The highest BCUT2D eigenvalue weighted by Gasteiger charge is 2.19. The van der Waals surface area contributed by atoms with Crippen molar-refractivity contribution >= 4 is 12.0 Å². The van der Waals surface area contributed by atoms with Crippen molar-refractivity contribution in [2.75, 3.05) is 6.61 Å². The summed E-state index contributed by atoms with van der Waals surface area (Å²) in [5.74, 6) is -0.371. The zero-order valence-corrected chi connectivity index (χ0v) is 18.6. The number of carbonyl (C=O) groups is 1. The van der Waals surface area contributed by atoms with Gasteiger partial charge in [0.15, 0.2) is 0 Å². The Labute approximate surface area is 198 Å². The molecule has 0 radical (unpaired) electrons. The van der Waals surface area contributed by atoms with Crippen LogP contribution in [0.1, 0.15) is 22.8 Å². The number of esters is 1. The van der Waals surface area contributed by atoms with E-state index in [0.717, 1.165) is 33.8 Å². The number of aromatic nitrogens is 1.